The maximum atomic E-state index is 11.6. The Balaban J connectivity index is 1.98. The fourth-order valence-corrected chi connectivity index (χ4v) is 2.49. The zero-order valence-electron chi connectivity index (χ0n) is 13.7. The molecular weight excluding hydrogens is 314 g/mol. The summed E-state index contributed by atoms with van der Waals surface area (Å²) in [4.78, 5) is 27.0. The van der Waals surface area contributed by atoms with Crippen molar-refractivity contribution in [1.29, 1.82) is 0 Å². The number of nitrogens with two attached hydrogens (primary N) is 1. The van der Waals surface area contributed by atoms with Crippen LogP contribution >= 0.6 is 0 Å². The summed E-state index contributed by atoms with van der Waals surface area (Å²) in [5, 5.41) is 1.98. The molecule has 1 fully saturated rings. The van der Waals surface area contributed by atoms with Crippen LogP contribution in [0.15, 0.2) is 12.1 Å². The highest BCUT2D eigenvalue weighted by Gasteiger charge is 2.17. The number of hydrogen-bond donors (Lipinski definition) is 2. The number of ether oxygens (including phenoxy) is 3. The van der Waals surface area contributed by atoms with Crippen LogP contribution in [0.1, 0.15) is 37.8 Å². The molecule has 2 amide bonds. The first-order chi connectivity index (χ1) is 11.6. The Bertz CT molecular complexity index is 573. The summed E-state index contributed by atoms with van der Waals surface area (Å²) in [6.45, 7) is 0.0172. The van der Waals surface area contributed by atoms with Gasteiger partial charge in [0.1, 0.15) is 0 Å². The van der Waals surface area contributed by atoms with Crippen molar-refractivity contribution in [2.45, 2.75) is 44.8 Å². The van der Waals surface area contributed by atoms with Gasteiger partial charge in [0.15, 0.2) is 5.75 Å². The molecule has 1 aromatic rings. The molecule has 8 nitrogen and oxygen atoms in total. The Morgan fingerprint density at radius 1 is 1.29 bits per heavy atom. The highest BCUT2D eigenvalue weighted by atomic mass is 16.6. The van der Waals surface area contributed by atoms with E-state index in [1.807, 2.05) is 5.32 Å². The number of carbonyl (C=O) groups is 2. The van der Waals surface area contributed by atoms with E-state index in [0.29, 0.717) is 12.3 Å². The maximum Gasteiger partial charge on any atom is 0.420 e. The molecule has 0 unspecified atom stereocenters. The number of imide groups is 1. The molecule has 0 radical (unpaired) electrons. The molecule has 1 saturated carbocycles. The van der Waals surface area contributed by atoms with Crippen molar-refractivity contribution in [3.63, 3.8) is 0 Å². The molecule has 0 saturated heterocycles. The number of nitrogens with one attached hydrogen (secondary N) is 1. The molecular formula is C16H23N3O5. The molecule has 8 heteroatoms. The van der Waals surface area contributed by atoms with E-state index in [4.69, 9.17) is 19.9 Å². The highest BCUT2D eigenvalue weighted by Crippen LogP contribution is 2.26. The second-order valence-electron chi connectivity index (χ2n) is 5.52. The minimum atomic E-state index is -0.957. The summed E-state index contributed by atoms with van der Waals surface area (Å²) in [5.41, 5.74) is 5.75. The van der Waals surface area contributed by atoms with Gasteiger partial charge in [-0.05, 0) is 25.0 Å². The van der Waals surface area contributed by atoms with Gasteiger partial charge in [0.25, 0.3) is 5.88 Å². The SMILES string of the molecule is COc1ccc(COC2CCCCC2)nc1OC(=O)NC(=O)CN. The van der Waals surface area contributed by atoms with E-state index in [9.17, 15) is 9.59 Å². The predicted molar refractivity (Wildman–Crippen MR) is 85.7 cm³/mol. The number of nitrogens with zero attached hydrogens (tertiary/aromatic N) is 1. The molecule has 0 atom stereocenters. The van der Waals surface area contributed by atoms with E-state index in [-0.39, 0.29) is 24.3 Å². The number of aromatic nitrogens is 1. The van der Waals surface area contributed by atoms with Crippen LogP contribution in [-0.4, -0.2) is 36.7 Å². The summed E-state index contributed by atoms with van der Waals surface area (Å²) < 4.78 is 16.0. The van der Waals surface area contributed by atoms with Crippen LogP contribution in [0.2, 0.25) is 0 Å². The first-order valence-electron chi connectivity index (χ1n) is 7.99. The van der Waals surface area contributed by atoms with Gasteiger partial charge in [0, 0.05) is 0 Å². The molecule has 2 rings (SSSR count). The average molecular weight is 337 g/mol. The van der Waals surface area contributed by atoms with Crippen molar-refractivity contribution < 1.29 is 23.8 Å². The fraction of sp³-hybridized carbons (Fsp3) is 0.562. The van der Waals surface area contributed by atoms with Crippen LogP contribution in [-0.2, 0) is 16.1 Å². The molecule has 0 aromatic carbocycles. The third-order valence-electron chi connectivity index (χ3n) is 3.74. The van der Waals surface area contributed by atoms with Gasteiger partial charge in [0.2, 0.25) is 5.91 Å². The van der Waals surface area contributed by atoms with Crippen LogP contribution in [0.4, 0.5) is 4.79 Å². The van der Waals surface area contributed by atoms with Crippen molar-refractivity contribution in [3.8, 4) is 11.6 Å². The summed E-state index contributed by atoms with van der Waals surface area (Å²) in [6.07, 6.45) is 5.04. The van der Waals surface area contributed by atoms with Crippen molar-refractivity contribution in [2.24, 2.45) is 5.73 Å². The number of amides is 2. The third kappa shape index (κ3) is 5.47. The number of carbonyl (C=O) groups excluding carboxylic acids is 2. The minimum absolute atomic E-state index is 0.0236. The molecule has 0 bridgehead atoms. The van der Waals surface area contributed by atoms with Gasteiger partial charge < -0.3 is 19.9 Å². The van der Waals surface area contributed by atoms with Crippen LogP contribution in [0.25, 0.3) is 0 Å². The van der Waals surface area contributed by atoms with E-state index in [1.165, 1.54) is 26.4 Å². The van der Waals surface area contributed by atoms with Gasteiger partial charge in [-0.1, -0.05) is 19.3 Å². The standard InChI is InChI=1S/C16H23N3O5/c1-22-13-8-7-11(10-23-12-5-3-2-4-6-12)18-15(13)24-16(21)19-14(20)9-17/h7-8,12H,2-6,9-10,17H2,1H3,(H,19,20,21). The molecule has 1 heterocycles. The second-order valence-corrected chi connectivity index (χ2v) is 5.52. The van der Waals surface area contributed by atoms with Crippen LogP contribution < -0.4 is 20.5 Å². The Morgan fingerprint density at radius 2 is 2.04 bits per heavy atom. The summed E-state index contributed by atoms with van der Waals surface area (Å²) >= 11 is 0. The summed E-state index contributed by atoms with van der Waals surface area (Å²) in [5.74, 6) is -0.382. The molecule has 1 aliphatic carbocycles. The highest BCUT2D eigenvalue weighted by molar-refractivity contribution is 5.93. The molecule has 24 heavy (non-hydrogen) atoms. The largest absolute Gasteiger partial charge is 0.491 e. The van der Waals surface area contributed by atoms with Crippen molar-refractivity contribution in [1.82, 2.24) is 10.3 Å². The molecule has 0 aliphatic heterocycles. The number of pyridine rings is 1. The Hall–Kier alpha value is -2.19. The van der Waals surface area contributed by atoms with Gasteiger partial charge in [0.05, 0.1) is 32.1 Å². The van der Waals surface area contributed by atoms with Crippen molar-refractivity contribution in [3.05, 3.63) is 17.8 Å². The molecule has 1 aromatic heterocycles. The second kappa shape index (κ2) is 9.19. The van der Waals surface area contributed by atoms with Gasteiger partial charge in [-0.15, -0.1) is 0 Å². The van der Waals surface area contributed by atoms with E-state index < -0.39 is 12.0 Å². The van der Waals surface area contributed by atoms with Gasteiger partial charge in [-0.25, -0.2) is 9.78 Å². The number of rotatable bonds is 6. The molecule has 1 aliphatic rings. The van der Waals surface area contributed by atoms with Crippen molar-refractivity contribution >= 4 is 12.0 Å². The lowest BCUT2D eigenvalue weighted by atomic mass is 9.98. The normalized spacial score (nSPS) is 14.9. The Labute approximate surface area is 140 Å². The lowest BCUT2D eigenvalue weighted by molar-refractivity contribution is -0.118. The lowest BCUT2D eigenvalue weighted by Gasteiger charge is -2.21. The van der Waals surface area contributed by atoms with E-state index in [2.05, 4.69) is 4.98 Å². The van der Waals surface area contributed by atoms with Gasteiger partial charge >= 0.3 is 6.09 Å². The third-order valence-corrected chi connectivity index (χ3v) is 3.74. The zero-order valence-corrected chi connectivity index (χ0v) is 13.7. The Kier molecular flexibility index (Phi) is 6.95. The summed E-state index contributed by atoms with van der Waals surface area (Å²) in [7, 11) is 1.44. The number of methoxy groups -OCH3 is 1. The molecule has 0 spiro atoms. The first-order valence-corrected chi connectivity index (χ1v) is 7.99. The molecule has 3 N–H and O–H groups in total. The average Bonchev–Trinajstić information content (AvgIpc) is 2.60. The van der Waals surface area contributed by atoms with Gasteiger partial charge in [-0.2, -0.15) is 0 Å². The van der Waals surface area contributed by atoms with E-state index >= 15 is 0 Å². The van der Waals surface area contributed by atoms with E-state index in [0.717, 1.165) is 12.8 Å². The van der Waals surface area contributed by atoms with Crippen LogP contribution in [0.3, 0.4) is 0 Å². The van der Waals surface area contributed by atoms with Crippen LogP contribution in [0, 0.1) is 0 Å². The monoisotopic (exact) mass is 337 g/mol. The first kappa shape index (κ1) is 18.2. The summed E-state index contributed by atoms with van der Waals surface area (Å²) in [6, 6.07) is 3.39. The maximum absolute atomic E-state index is 11.6. The Morgan fingerprint density at radius 3 is 2.71 bits per heavy atom. The lowest BCUT2D eigenvalue weighted by Crippen LogP contribution is -2.37. The molecule has 132 valence electrons. The predicted octanol–water partition coefficient (Wildman–Crippen LogP) is 1.51. The van der Waals surface area contributed by atoms with Crippen LogP contribution in [0.5, 0.6) is 11.6 Å². The fourth-order valence-electron chi connectivity index (χ4n) is 2.49. The topological polar surface area (TPSA) is 113 Å². The minimum Gasteiger partial charge on any atom is -0.491 e. The zero-order chi connectivity index (χ0) is 17.4. The van der Waals surface area contributed by atoms with E-state index in [1.54, 1.807) is 12.1 Å². The smallest absolute Gasteiger partial charge is 0.420 e. The number of hydrogen-bond acceptors (Lipinski definition) is 7. The van der Waals surface area contributed by atoms with Crippen molar-refractivity contribution in [2.75, 3.05) is 13.7 Å². The van der Waals surface area contributed by atoms with Gasteiger partial charge in [-0.3, -0.25) is 10.1 Å². The quantitative estimate of drug-likeness (QED) is 0.809.